The average Bonchev–Trinajstić information content (AvgIpc) is 3.17. The van der Waals surface area contributed by atoms with Gasteiger partial charge in [-0.1, -0.05) is 12.1 Å². The Morgan fingerprint density at radius 2 is 2.15 bits per heavy atom. The number of ether oxygens (including phenoxy) is 1. The quantitative estimate of drug-likeness (QED) is 0.525. The first-order valence-electron chi connectivity index (χ1n) is 11.2. The van der Waals surface area contributed by atoms with Crippen LogP contribution in [-0.2, 0) is 11.2 Å². The molecular weight excluding hydrogens is 426 g/mol. The number of hydrogen-bond acceptors (Lipinski definition) is 7. The van der Waals surface area contributed by atoms with E-state index in [0.29, 0.717) is 50.5 Å². The molecule has 2 amide bonds. The van der Waals surface area contributed by atoms with Gasteiger partial charge in [-0.2, -0.15) is 0 Å². The van der Waals surface area contributed by atoms with Crippen molar-refractivity contribution in [1.29, 1.82) is 0 Å². The normalized spacial score (nSPS) is 18.6. The highest BCUT2D eigenvalue weighted by Crippen LogP contribution is 2.30. The Morgan fingerprint density at radius 1 is 1.30 bits per heavy atom. The van der Waals surface area contributed by atoms with Crippen molar-refractivity contribution < 1.29 is 24.5 Å². The number of aliphatic carboxylic acids is 1. The van der Waals surface area contributed by atoms with Gasteiger partial charge in [0, 0.05) is 49.7 Å². The van der Waals surface area contributed by atoms with Gasteiger partial charge in [0.2, 0.25) is 5.88 Å². The zero-order valence-electron chi connectivity index (χ0n) is 18.6. The van der Waals surface area contributed by atoms with E-state index in [1.165, 1.54) is 7.11 Å². The number of hydrogen-bond donors (Lipinski definition) is 3. The van der Waals surface area contributed by atoms with Crippen LogP contribution in [0.1, 0.15) is 48.2 Å². The molecule has 2 aliphatic heterocycles. The number of carboxylic acids is 1. The van der Waals surface area contributed by atoms with Crippen molar-refractivity contribution in [3.8, 4) is 5.88 Å². The maximum Gasteiger partial charge on any atom is 0.320 e. The fourth-order valence-corrected chi connectivity index (χ4v) is 4.37. The van der Waals surface area contributed by atoms with Gasteiger partial charge in [-0.25, -0.2) is 14.8 Å². The summed E-state index contributed by atoms with van der Waals surface area (Å²) in [7, 11) is 1.51. The van der Waals surface area contributed by atoms with E-state index in [2.05, 4.69) is 15.3 Å². The maximum absolute atomic E-state index is 13.1. The Bertz CT molecular complexity index is 999. The summed E-state index contributed by atoms with van der Waals surface area (Å²) >= 11 is 0. The number of pyridine rings is 2. The number of urea groups is 1. The minimum atomic E-state index is -0.973. The third-order valence-corrected chi connectivity index (χ3v) is 6.14. The van der Waals surface area contributed by atoms with Crippen LogP contribution in [0, 0.1) is 0 Å². The molecule has 1 saturated heterocycles. The molecule has 3 N–H and O–H groups in total. The van der Waals surface area contributed by atoms with Gasteiger partial charge >= 0.3 is 12.0 Å². The van der Waals surface area contributed by atoms with Crippen molar-refractivity contribution in [3.05, 3.63) is 47.3 Å². The molecule has 0 radical (unpaired) electrons. The van der Waals surface area contributed by atoms with E-state index in [1.54, 1.807) is 28.1 Å². The molecule has 0 saturated carbocycles. The number of carboxylic acid groups (broad SMARTS) is 1. The number of aliphatic hydroxyl groups excluding tert-OH is 1. The first kappa shape index (κ1) is 22.8. The highest BCUT2D eigenvalue weighted by Gasteiger charge is 2.35. The highest BCUT2D eigenvalue weighted by molar-refractivity contribution is 5.78. The minimum absolute atomic E-state index is 0.166. The summed E-state index contributed by atoms with van der Waals surface area (Å²) in [6.07, 6.45) is 3.02. The molecule has 2 aliphatic rings. The van der Waals surface area contributed by atoms with Crippen LogP contribution >= 0.6 is 0 Å². The number of aryl methyl sites for hydroxylation is 1. The van der Waals surface area contributed by atoms with Gasteiger partial charge in [-0.15, -0.1) is 0 Å². The number of aliphatic hydroxyl groups is 1. The second-order valence-electron chi connectivity index (χ2n) is 8.29. The van der Waals surface area contributed by atoms with Gasteiger partial charge in [0.1, 0.15) is 5.82 Å². The number of carbonyl (C=O) groups is 2. The number of anilines is 1. The zero-order valence-corrected chi connectivity index (χ0v) is 18.6. The number of methoxy groups -OCH3 is 1. The smallest absolute Gasteiger partial charge is 0.320 e. The summed E-state index contributed by atoms with van der Waals surface area (Å²) in [6.45, 7) is 2.26. The first-order valence-corrected chi connectivity index (χ1v) is 11.2. The van der Waals surface area contributed by atoms with Gasteiger partial charge in [-0.3, -0.25) is 4.79 Å². The summed E-state index contributed by atoms with van der Waals surface area (Å²) in [5, 5.41) is 22.7. The molecule has 0 aromatic carbocycles. The van der Waals surface area contributed by atoms with Gasteiger partial charge in [-0.05, 0) is 30.9 Å². The monoisotopic (exact) mass is 455 g/mol. The number of aromatic nitrogens is 2. The Balaban J connectivity index is 1.36. The van der Waals surface area contributed by atoms with Crippen molar-refractivity contribution in [2.24, 2.45) is 0 Å². The molecule has 4 rings (SSSR count). The maximum atomic E-state index is 13.1. The molecular formula is C23H29N5O5. The molecule has 0 spiro atoms. The van der Waals surface area contributed by atoms with E-state index in [0.717, 1.165) is 23.5 Å². The minimum Gasteiger partial charge on any atom is -0.481 e. The van der Waals surface area contributed by atoms with Crippen molar-refractivity contribution in [2.45, 2.75) is 37.8 Å². The van der Waals surface area contributed by atoms with E-state index < -0.39 is 18.1 Å². The number of carbonyl (C=O) groups excluding carboxylic acids is 1. The average molecular weight is 456 g/mol. The van der Waals surface area contributed by atoms with Crippen molar-refractivity contribution in [3.63, 3.8) is 0 Å². The standard InChI is InChI=1S/C23H29N5O5/c1-33-20-7-4-15(14-25-20)18(13-21(30)31)28-12-11-27(23(28)32)10-2-3-16-5-6-17-19(29)8-9-24-22(17)26-16/h4-7,14,18-19,29H,2-3,8-13H2,1H3,(H,24,26)(H,30,31). The number of nitrogens with one attached hydrogen (secondary N) is 1. The van der Waals surface area contributed by atoms with Crippen LogP contribution in [0.15, 0.2) is 30.5 Å². The van der Waals surface area contributed by atoms with Gasteiger partial charge in [0.15, 0.2) is 0 Å². The van der Waals surface area contributed by atoms with E-state index >= 15 is 0 Å². The molecule has 33 heavy (non-hydrogen) atoms. The number of nitrogens with zero attached hydrogens (tertiary/aromatic N) is 4. The highest BCUT2D eigenvalue weighted by atomic mass is 16.5. The summed E-state index contributed by atoms with van der Waals surface area (Å²) in [5.74, 6) is 0.196. The van der Waals surface area contributed by atoms with Crippen LogP contribution in [0.2, 0.25) is 0 Å². The lowest BCUT2D eigenvalue weighted by Crippen LogP contribution is -2.36. The second-order valence-corrected chi connectivity index (χ2v) is 8.29. The van der Waals surface area contributed by atoms with E-state index in [-0.39, 0.29) is 12.5 Å². The Kier molecular flexibility index (Phi) is 6.93. The molecule has 0 bridgehead atoms. The van der Waals surface area contributed by atoms with Crippen LogP contribution in [0.5, 0.6) is 5.88 Å². The summed E-state index contributed by atoms with van der Waals surface area (Å²) < 4.78 is 5.07. The van der Waals surface area contributed by atoms with Crippen LogP contribution in [0.25, 0.3) is 0 Å². The van der Waals surface area contributed by atoms with E-state index in [1.807, 2.05) is 12.1 Å². The van der Waals surface area contributed by atoms with E-state index in [4.69, 9.17) is 4.74 Å². The molecule has 0 aliphatic carbocycles. The SMILES string of the molecule is COc1ccc(C(CC(=O)O)N2CCN(CCCc3ccc4c(n3)NCCC4O)C2=O)cn1. The number of rotatable bonds is 9. The summed E-state index contributed by atoms with van der Waals surface area (Å²) in [4.78, 5) is 36.7. The lowest BCUT2D eigenvalue weighted by atomic mass is 10.0. The van der Waals surface area contributed by atoms with E-state index in [9.17, 15) is 19.8 Å². The molecule has 2 atom stereocenters. The predicted octanol–water partition coefficient (Wildman–Crippen LogP) is 2.22. The van der Waals surface area contributed by atoms with Gasteiger partial charge in [0.05, 0.1) is 25.7 Å². The summed E-state index contributed by atoms with van der Waals surface area (Å²) in [5.41, 5.74) is 2.40. The Morgan fingerprint density at radius 3 is 2.88 bits per heavy atom. The van der Waals surface area contributed by atoms with Crippen molar-refractivity contribution >= 4 is 17.8 Å². The fraction of sp³-hybridized carbons (Fsp3) is 0.478. The lowest BCUT2D eigenvalue weighted by molar-refractivity contribution is -0.138. The van der Waals surface area contributed by atoms with Crippen LogP contribution in [-0.4, -0.2) is 75.3 Å². The third kappa shape index (κ3) is 5.16. The fourth-order valence-electron chi connectivity index (χ4n) is 4.37. The Labute approximate surface area is 192 Å². The lowest BCUT2D eigenvalue weighted by Gasteiger charge is -2.27. The molecule has 1 fully saturated rings. The second kappa shape index (κ2) is 10.0. The molecule has 4 heterocycles. The van der Waals surface area contributed by atoms with Gasteiger partial charge in [0.25, 0.3) is 0 Å². The zero-order chi connectivity index (χ0) is 23.4. The predicted molar refractivity (Wildman–Crippen MR) is 120 cm³/mol. The topological polar surface area (TPSA) is 128 Å². The van der Waals surface area contributed by atoms with Crippen LogP contribution < -0.4 is 10.1 Å². The van der Waals surface area contributed by atoms with Gasteiger partial charge < -0.3 is 30.1 Å². The third-order valence-electron chi connectivity index (χ3n) is 6.14. The molecule has 2 unspecified atom stereocenters. The molecule has 2 aromatic heterocycles. The molecule has 176 valence electrons. The molecule has 10 nitrogen and oxygen atoms in total. The molecule has 10 heteroatoms. The van der Waals surface area contributed by atoms with Crippen LogP contribution in [0.4, 0.5) is 10.6 Å². The largest absolute Gasteiger partial charge is 0.481 e. The van der Waals surface area contributed by atoms with Crippen LogP contribution in [0.3, 0.4) is 0 Å². The van der Waals surface area contributed by atoms with Crippen molar-refractivity contribution in [2.75, 3.05) is 38.6 Å². The first-order chi connectivity index (χ1) is 16.0. The molecule has 2 aromatic rings. The Hall–Kier alpha value is -3.40. The number of amides is 2. The number of fused-ring (bicyclic) bond motifs is 1. The van der Waals surface area contributed by atoms with Crippen molar-refractivity contribution in [1.82, 2.24) is 19.8 Å². The summed E-state index contributed by atoms with van der Waals surface area (Å²) in [6, 6.07) is 6.51.